The van der Waals surface area contributed by atoms with Gasteiger partial charge in [-0.3, -0.25) is 34.1 Å². The van der Waals surface area contributed by atoms with Crippen molar-refractivity contribution in [2.75, 3.05) is 11.1 Å². The summed E-state index contributed by atoms with van der Waals surface area (Å²) in [6.45, 7) is 20.6. The van der Waals surface area contributed by atoms with Crippen molar-refractivity contribution in [1.82, 2.24) is 24.9 Å². The van der Waals surface area contributed by atoms with E-state index in [1.807, 2.05) is 113 Å². The fourth-order valence-corrected chi connectivity index (χ4v) is 6.63. The van der Waals surface area contributed by atoms with Crippen LogP contribution >= 0.6 is 0 Å². The molecule has 0 aliphatic rings. The van der Waals surface area contributed by atoms with Gasteiger partial charge in [0, 0.05) is 88.2 Å². The van der Waals surface area contributed by atoms with Crippen molar-refractivity contribution in [1.29, 1.82) is 0 Å². The van der Waals surface area contributed by atoms with E-state index in [-0.39, 0.29) is 17.5 Å². The first-order chi connectivity index (χ1) is 35.7. The zero-order chi connectivity index (χ0) is 55.0. The third kappa shape index (κ3) is 19.3. The highest BCUT2D eigenvalue weighted by molar-refractivity contribution is 6.10. The van der Waals surface area contributed by atoms with Gasteiger partial charge in [0.05, 0.1) is 17.4 Å². The average molecular weight is 1010 g/mol. The molecule has 0 fully saturated rings. The number of benzene rings is 3. The number of nitrogens with two attached hydrogens (primary N) is 2. The lowest BCUT2D eigenvalue weighted by Crippen LogP contribution is -2.31. The van der Waals surface area contributed by atoms with Crippen LogP contribution < -0.4 is 21.5 Å². The van der Waals surface area contributed by atoms with Crippen LogP contribution in [0.5, 0.6) is 0 Å². The Kier molecular flexibility index (Phi) is 23.3. The van der Waals surface area contributed by atoms with E-state index in [2.05, 4.69) is 71.8 Å². The molecule has 0 aliphatic carbocycles. The maximum atomic E-state index is 12.4. The Morgan fingerprint density at radius 3 is 1.39 bits per heavy atom. The molecule has 5 aromatic heterocycles. The normalized spacial score (nSPS) is 10.4. The summed E-state index contributed by atoms with van der Waals surface area (Å²) in [4.78, 5) is 67.9. The molecule has 0 aliphatic heterocycles. The highest BCUT2D eigenvalue weighted by atomic mass is 16.5. The molecule has 14 heteroatoms. The molecular weight excluding hydrogens is 939 g/mol. The van der Waals surface area contributed by atoms with Crippen LogP contribution in [0.2, 0.25) is 0 Å². The number of carbonyl (C=O) groups excluding carboxylic acids is 4. The number of aromatic nitrogens is 6. The van der Waals surface area contributed by atoms with E-state index in [1.54, 1.807) is 79.5 Å². The zero-order valence-electron chi connectivity index (χ0n) is 44.5. The molecule has 0 bridgehead atoms. The largest absolute Gasteiger partial charge is 0.618 e. The van der Waals surface area contributed by atoms with E-state index in [0.29, 0.717) is 74.6 Å². The smallest absolute Gasteiger partial charge is 0.255 e. The second kappa shape index (κ2) is 29.7. The number of nitrogens with zero attached hydrogens (tertiary/aromatic N) is 6. The lowest BCUT2D eigenvalue weighted by molar-refractivity contribution is -0.615. The minimum Gasteiger partial charge on any atom is -0.618 e. The average Bonchev–Trinajstić information content (AvgIpc) is 3.42. The molecule has 8 aromatic rings. The van der Waals surface area contributed by atoms with Crippen LogP contribution in [0.15, 0.2) is 177 Å². The monoisotopic (exact) mass is 1010 g/mol. The van der Waals surface area contributed by atoms with Crippen molar-refractivity contribution in [3.63, 3.8) is 0 Å². The van der Waals surface area contributed by atoms with Crippen LogP contribution in [0, 0.1) is 5.21 Å². The number of hydrogen-bond donors (Lipinski definition) is 3. The molecule has 14 nitrogen and oxygen atoms in total. The minimum absolute atomic E-state index is 0.0217. The summed E-state index contributed by atoms with van der Waals surface area (Å²) in [5.74, 6) is 1.51. The fraction of sp³-hybridized carbons (Fsp3) is 0.246. The third-order valence-electron chi connectivity index (χ3n) is 11.3. The van der Waals surface area contributed by atoms with Gasteiger partial charge in [0.25, 0.3) is 5.91 Å². The number of rotatable bonds is 12. The highest BCUT2D eigenvalue weighted by Crippen LogP contribution is 2.18. The van der Waals surface area contributed by atoms with Gasteiger partial charge in [-0.05, 0) is 77.3 Å². The molecule has 5 N–H and O–H groups in total. The minimum atomic E-state index is -0.426. The second-order valence-corrected chi connectivity index (χ2v) is 18.8. The van der Waals surface area contributed by atoms with E-state index < -0.39 is 5.91 Å². The van der Waals surface area contributed by atoms with Crippen LogP contribution in [0.3, 0.4) is 0 Å². The lowest BCUT2D eigenvalue weighted by Gasteiger charge is -2.08. The standard InChI is InChI=1S/C22H20N2O2.C15H15NO.C9H12N2O.C8H11NO.C7H11N3/c1-15(2)20-13-12-19(14-23-20)24-22(26)18-10-8-17(9-11-18)21(25)16-6-4-3-5-7-16;1-11(2)14-9-8-13(10-16-14)15(17)12-6-4-3-5-7-12;1-6(2)7-3-8(9(10)12)5-11-4-7;1-7(2)8-5-3-4-6-9(8)10;1-5(2)6-3-9-7(8)10-4-6/h3-15H,1-2H3,(H,24,26);3-11H,1-2H3;3-6H,1-2H3,(H2,10,12);3-7H,1-2H3;3-5H,1-2H3,(H2,8,9,10). The van der Waals surface area contributed by atoms with Crippen molar-refractivity contribution in [2.24, 2.45) is 5.73 Å². The van der Waals surface area contributed by atoms with Gasteiger partial charge in [-0.2, -0.15) is 4.73 Å². The number of primary amides is 1. The van der Waals surface area contributed by atoms with E-state index in [9.17, 15) is 24.4 Å². The summed E-state index contributed by atoms with van der Waals surface area (Å²) in [6.07, 6.45) is 11.6. The summed E-state index contributed by atoms with van der Waals surface area (Å²) in [6, 6.07) is 39.7. The SMILES string of the molecule is CC(C)c1ccc(C(=O)c2ccccc2)cn1.CC(C)c1ccc(NC(=O)c2ccc(C(=O)c3ccccc3)cc2)cn1.CC(C)c1cccc[n+]1[O-].CC(C)c1cnc(N)nc1.CC(C)c1cncc(C(N)=O)c1. The van der Waals surface area contributed by atoms with Gasteiger partial charge in [-0.25, -0.2) is 9.97 Å². The molecule has 8 rings (SSSR count). The van der Waals surface area contributed by atoms with Crippen LogP contribution in [0.1, 0.15) is 180 Å². The second-order valence-electron chi connectivity index (χ2n) is 18.8. The van der Waals surface area contributed by atoms with Crippen LogP contribution in [0.4, 0.5) is 11.6 Å². The van der Waals surface area contributed by atoms with Crippen molar-refractivity contribution < 1.29 is 23.9 Å². The van der Waals surface area contributed by atoms with E-state index in [4.69, 9.17) is 11.5 Å². The predicted octanol–water partition coefficient (Wildman–Crippen LogP) is 12.1. The van der Waals surface area contributed by atoms with Gasteiger partial charge in [0.2, 0.25) is 11.9 Å². The Morgan fingerprint density at radius 1 is 0.467 bits per heavy atom. The molecule has 0 saturated carbocycles. The zero-order valence-corrected chi connectivity index (χ0v) is 44.5. The first-order valence-electron chi connectivity index (χ1n) is 24.8. The van der Waals surface area contributed by atoms with Gasteiger partial charge >= 0.3 is 0 Å². The maximum absolute atomic E-state index is 12.4. The first-order valence-corrected chi connectivity index (χ1v) is 24.8. The molecule has 0 saturated heterocycles. The van der Waals surface area contributed by atoms with Crippen LogP contribution in [-0.4, -0.2) is 48.3 Å². The number of nitrogen functional groups attached to an aromatic ring is 1. The number of anilines is 2. The third-order valence-corrected chi connectivity index (χ3v) is 11.3. The lowest BCUT2D eigenvalue weighted by atomic mass is 10.0. The Hall–Kier alpha value is -8.78. The Labute approximate surface area is 441 Å². The Morgan fingerprint density at radius 2 is 0.947 bits per heavy atom. The molecule has 0 spiro atoms. The maximum Gasteiger partial charge on any atom is 0.255 e. The number of carbonyl (C=O) groups is 4. The van der Waals surface area contributed by atoms with Gasteiger partial charge in [0.15, 0.2) is 23.5 Å². The van der Waals surface area contributed by atoms with Crippen molar-refractivity contribution in [3.8, 4) is 0 Å². The van der Waals surface area contributed by atoms with Crippen molar-refractivity contribution in [3.05, 3.63) is 244 Å². The van der Waals surface area contributed by atoms with Gasteiger partial charge < -0.3 is 22.0 Å². The topological polar surface area (TPSA) is 224 Å². The Balaban J connectivity index is 0.000000215. The molecule has 3 aromatic carbocycles. The van der Waals surface area contributed by atoms with E-state index in [0.717, 1.165) is 32.9 Å². The van der Waals surface area contributed by atoms with Gasteiger partial charge in [-0.1, -0.05) is 148 Å². The molecule has 2 amide bonds. The van der Waals surface area contributed by atoms with Gasteiger partial charge in [-0.15, -0.1) is 0 Å². The van der Waals surface area contributed by atoms with E-state index >= 15 is 0 Å². The number of nitrogens with one attached hydrogen (secondary N) is 1. The van der Waals surface area contributed by atoms with Gasteiger partial charge in [0.1, 0.15) is 0 Å². The molecule has 0 unspecified atom stereocenters. The summed E-state index contributed by atoms with van der Waals surface area (Å²) in [5, 5.41) is 13.8. The Bertz CT molecular complexity index is 3020. The van der Waals surface area contributed by atoms with Crippen molar-refractivity contribution >= 4 is 35.0 Å². The highest BCUT2D eigenvalue weighted by Gasteiger charge is 2.13. The summed E-state index contributed by atoms with van der Waals surface area (Å²) in [7, 11) is 0. The van der Waals surface area contributed by atoms with E-state index in [1.165, 1.54) is 12.4 Å². The summed E-state index contributed by atoms with van der Waals surface area (Å²) in [5.41, 5.74) is 19.5. The molecule has 75 heavy (non-hydrogen) atoms. The predicted molar refractivity (Wildman–Crippen MR) is 298 cm³/mol. The number of ketones is 2. The number of pyridine rings is 4. The van der Waals surface area contributed by atoms with Crippen LogP contribution in [0.25, 0.3) is 0 Å². The van der Waals surface area contributed by atoms with Crippen molar-refractivity contribution in [2.45, 2.75) is 98.8 Å². The summed E-state index contributed by atoms with van der Waals surface area (Å²) < 4.78 is 0.907. The summed E-state index contributed by atoms with van der Waals surface area (Å²) >= 11 is 0. The molecule has 5 heterocycles. The fourth-order valence-electron chi connectivity index (χ4n) is 6.63. The molecule has 0 radical (unpaired) electrons. The number of amides is 2. The number of hydrogen-bond acceptors (Lipinski definition) is 11. The molecule has 0 atom stereocenters. The molecule has 388 valence electrons. The quantitative estimate of drug-likeness (QED) is 0.0593. The first kappa shape index (κ1) is 58.8. The van der Waals surface area contributed by atoms with Crippen LogP contribution in [-0.2, 0) is 0 Å². The molecular formula is C61H69N9O5.